The summed E-state index contributed by atoms with van der Waals surface area (Å²) in [4.78, 5) is 0. The molecule has 0 radical (unpaired) electrons. The molecule has 1 heteroatoms. The van der Waals surface area contributed by atoms with Crippen molar-refractivity contribution < 1.29 is 0 Å². The fourth-order valence-corrected chi connectivity index (χ4v) is 8.18. The molecule has 2 saturated carbocycles. The van der Waals surface area contributed by atoms with E-state index in [0.29, 0.717) is 10.8 Å². The smallest absolute Gasteiger partial charge is 0.0254 e. The van der Waals surface area contributed by atoms with Crippen molar-refractivity contribution in [2.75, 3.05) is 5.75 Å². The number of rotatable bonds is 0. The lowest BCUT2D eigenvalue weighted by Gasteiger charge is -2.57. The molecule has 0 aromatic rings. The zero-order valence-electron chi connectivity index (χ0n) is 14.7. The fourth-order valence-electron chi connectivity index (χ4n) is 7.15. The Kier molecular flexibility index (Phi) is 2.87. The summed E-state index contributed by atoms with van der Waals surface area (Å²) >= 11 is 2.28. The van der Waals surface area contributed by atoms with Gasteiger partial charge in [-0.2, -0.15) is 11.8 Å². The van der Waals surface area contributed by atoms with E-state index in [1.807, 2.05) is 11.1 Å². The van der Waals surface area contributed by atoms with Crippen molar-refractivity contribution in [3.63, 3.8) is 0 Å². The SMILES string of the molecule is CC1(C)CCC2=C1CC[C@@H]1[C@H]2CC[C@@H]2C[C@@]3(CC[C@@]21C)CS3. The number of fused-ring (bicyclic) bond motifs is 4. The molecule has 1 spiro atoms. The third-order valence-corrected chi connectivity index (χ3v) is 10.2. The summed E-state index contributed by atoms with van der Waals surface area (Å²) in [5.41, 5.74) is 5.07. The second-order valence-corrected chi connectivity index (χ2v) is 11.5. The summed E-state index contributed by atoms with van der Waals surface area (Å²) in [5.74, 6) is 4.54. The van der Waals surface area contributed by atoms with Gasteiger partial charge in [0.1, 0.15) is 0 Å². The van der Waals surface area contributed by atoms with Crippen LogP contribution in [0.2, 0.25) is 0 Å². The molecule has 0 aromatic heterocycles. The van der Waals surface area contributed by atoms with Crippen molar-refractivity contribution in [1.29, 1.82) is 0 Å². The minimum atomic E-state index is 0.527. The van der Waals surface area contributed by atoms with Gasteiger partial charge < -0.3 is 0 Å². The van der Waals surface area contributed by atoms with E-state index in [1.165, 1.54) is 57.1 Å². The minimum absolute atomic E-state index is 0.527. The topological polar surface area (TPSA) is 0 Å². The molecule has 5 rings (SSSR count). The predicted octanol–water partition coefficient (Wildman–Crippen LogP) is 6.22. The first-order valence-corrected chi connectivity index (χ1v) is 10.8. The fraction of sp³-hybridized carbons (Fsp3) is 0.905. The summed E-state index contributed by atoms with van der Waals surface area (Å²) in [6.07, 6.45) is 13.5. The minimum Gasteiger partial charge on any atom is -0.153 e. The summed E-state index contributed by atoms with van der Waals surface area (Å²) in [6.45, 7) is 7.73. The maximum absolute atomic E-state index is 2.71. The standard InChI is InChI=1S/C21H32S/c1-19(2)9-8-16-15-5-4-14-12-21(13-22-21)11-10-20(14,3)18(15)7-6-17(16)19/h14-15,18H,4-13H2,1-3H3/t14-,15+,18-,20+,21+/m1/s1. The summed E-state index contributed by atoms with van der Waals surface area (Å²) in [5, 5.41) is 0. The molecule has 1 saturated heterocycles. The largest absolute Gasteiger partial charge is 0.153 e. The third-order valence-electron chi connectivity index (χ3n) is 8.76. The molecule has 122 valence electrons. The molecule has 4 aliphatic carbocycles. The molecule has 0 nitrogen and oxygen atoms in total. The molecule has 5 atom stereocenters. The van der Waals surface area contributed by atoms with E-state index >= 15 is 0 Å². The quantitative estimate of drug-likeness (QED) is 0.378. The Morgan fingerprint density at radius 1 is 0.955 bits per heavy atom. The highest BCUT2D eigenvalue weighted by molar-refractivity contribution is 8.07. The van der Waals surface area contributed by atoms with Gasteiger partial charge in [0, 0.05) is 10.5 Å². The first-order valence-electron chi connectivity index (χ1n) is 9.80. The van der Waals surface area contributed by atoms with E-state index in [9.17, 15) is 0 Å². The van der Waals surface area contributed by atoms with Gasteiger partial charge in [-0.3, -0.25) is 0 Å². The Morgan fingerprint density at radius 3 is 2.55 bits per heavy atom. The Balaban J connectivity index is 1.47. The van der Waals surface area contributed by atoms with Crippen molar-refractivity contribution in [3.05, 3.63) is 11.1 Å². The summed E-state index contributed by atoms with van der Waals surface area (Å²) in [6, 6.07) is 0. The molecule has 0 aromatic carbocycles. The van der Waals surface area contributed by atoms with Gasteiger partial charge in [0.15, 0.2) is 0 Å². The Morgan fingerprint density at radius 2 is 1.77 bits per heavy atom. The molecular weight excluding hydrogens is 284 g/mol. The van der Waals surface area contributed by atoms with Gasteiger partial charge in [0.25, 0.3) is 0 Å². The van der Waals surface area contributed by atoms with E-state index < -0.39 is 0 Å². The van der Waals surface area contributed by atoms with E-state index in [1.54, 1.807) is 6.42 Å². The van der Waals surface area contributed by atoms with Gasteiger partial charge >= 0.3 is 0 Å². The zero-order valence-corrected chi connectivity index (χ0v) is 15.5. The lowest BCUT2D eigenvalue weighted by molar-refractivity contribution is -0.0375. The Labute approximate surface area is 140 Å². The van der Waals surface area contributed by atoms with Crippen LogP contribution in [0.1, 0.15) is 78.6 Å². The van der Waals surface area contributed by atoms with Crippen LogP contribution in [0.3, 0.4) is 0 Å². The molecular formula is C21H32S. The number of allylic oxidation sites excluding steroid dienone is 2. The summed E-state index contributed by atoms with van der Waals surface area (Å²) < 4.78 is 0.769. The van der Waals surface area contributed by atoms with Crippen LogP contribution in [0, 0.1) is 28.6 Å². The lowest BCUT2D eigenvalue weighted by Crippen LogP contribution is -2.49. The van der Waals surface area contributed by atoms with Crippen LogP contribution < -0.4 is 0 Å². The monoisotopic (exact) mass is 316 g/mol. The second-order valence-electron chi connectivity index (χ2n) is 10.1. The molecule has 1 heterocycles. The van der Waals surface area contributed by atoms with E-state index in [-0.39, 0.29) is 0 Å². The first-order chi connectivity index (χ1) is 10.4. The number of thioether (sulfide) groups is 1. The highest BCUT2D eigenvalue weighted by Crippen LogP contribution is 2.68. The third kappa shape index (κ3) is 1.84. The molecule has 0 amide bonds. The summed E-state index contributed by atoms with van der Waals surface area (Å²) in [7, 11) is 0. The highest BCUT2D eigenvalue weighted by atomic mass is 32.2. The molecule has 0 unspecified atom stereocenters. The normalized spacial score (nSPS) is 52.2. The van der Waals surface area contributed by atoms with Gasteiger partial charge in [-0.1, -0.05) is 31.9 Å². The average Bonchev–Trinajstić information content (AvgIpc) is 3.17. The molecule has 3 fully saturated rings. The van der Waals surface area contributed by atoms with Gasteiger partial charge in [-0.25, -0.2) is 0 Å². The van der Waals surface area contributed by atoms with Gasteiger partial charge in [0.2, 0.25) is 0 Å². The Bertz CT molecular complexity index is 538. The molecule has 1 aliphatic heterocycles. The van der Waals surface area contributed by atoms with Crippen molar-refractivity contribution in [2.45, 2.75) is 83.3 Å². The number of hydrogen-bond acceptors (Lipinski definition) is 1. The van der Waals surface area contributed by atoms with Crippen LogP contribution in [0.15, 0.2) is 11.1 Å². The maximum atomic E-state index is 2.71. The predicted molar refractivity (Wildman–Crippen MR) is 96.1 cm³/mol. The van der Waals surface area contributed by atoms with Crippen molar-refractivity contribution in [1.82, 2.24) is 0 Å². The van der Waals surface area contributed by atoms with Crippen LogP contribution in [0.5, 0.6) is 0 Å². The molecule has 5 aliphatic rings. The van der Waals surface area contributed by atoms with Crippen LogP contribution >= 0.6 is 11.8 Å². The first kappa shape index (κ1) is 14.4. The van der Waals surface area contributed by atoms with E-state index in [4.69, 9.17) is 0 Å². The second kappa shape index (κ2) is 4.38. The van der Waals surface area contributed by atoms with Crippen molar-refractivity contribution in [3.8, 4) is 0 Å². The molecule has 0 N–H and O–H groups in total. The molecule has 22 heavy (non-hydrogen) atoms. The van der Waals surface area contributed by atoms with Gasteiger partial charge in [-0.05, 0) is 86.4 Å². The molecule has 0 bridgehead atoms. The van der Waals surface area contributed by atoms with Gasteiger partial charge in [0.05, 0.1) is 0 Å². The van der Waals surface area contributed by atoms with Gasteiger partial charge in [-0.15, -0.1) is 0 Å². The van der Waals surface area contributed by atoms with Crippen LogP contribution in [-0.4, -0.2) is 10.5 Å². The van der Waals surface area contributed by atoms with Crippen LogP contribution in [0.4, 0.5) is 0 Å². The van der Waals surface area contributed by atoms with E-state index in [2.05, 4.69) is 32.5 Å². The highest BCUT2D eigenvalue weighted by Gasteiger charge is 2.59. The zero-order chi connectivity index (χ0) is 15.2. The van der Waals surface area contributed by atoms with E-state index in [0.717, 1.165) is 22.5 Å². The Hall–Kier alpha value is 0.0900. The van der Waals surface area contributed by atoms with Crippen molar-refractivity contribution in [2.24, 2.45) is 28.6 Å². The lowest BCUT2D eigenvalue weighted by atomic mass is 9.48. The average molecular weight is 317 g/mol. The van der Waals surface area contributed by atoms with Crippen molar-refractivity contribution >= 4 is 11.8 Å². The maximum Gasteiger partial charge on any atom is 0.0254 e. The number of hydrogen-bond donors (Lipinski definition) is 0. The van der Waals surface area contributed by atoms with Crippen LogP contribution in [0.25, 0.3) is 0 Å². The van der Waals surface area contributed by atoms with Crippen LogP contribution in [-0.2, 0) is 0 Å².